The first kappa shape index (κ1) is 15.1. The molecule has 1 aromatic rings. The summed E-state index contributed by atoms with van der Waals surface area (Å²) >= 11 is 5.89. The Morgan fingerprint density at radius 3 is 2.75 bits per heavy atom. The quantitative estimate of drug-likeness (QED) is 0.897. The van der Waals surface area contributed by atoms with Crippen LogP contribution in [0.3, 0.4) is 0 Å². The average molecular weight is 297 g/mol. The molecule has 1 aromatic carbocycles. The van der Waals surface area contributed by atoms with Gasteiger partial charge in [-0.2, -0.15) is 0 Å². The van der Waals surface area contributed by atoms with Crippen molar-refractivity contribution >= 4 is 23.3 Å². The van der Waals surface area contributed by atoms with Crippen molar-refractivity contribution in [3.05, 3.63) is 29.3 Å². The van der Waals surface area contributed by atoms with Crippen molar-refractivity contribution in [2.24, 2.45) is 0 Å². The summed E-state index contributed by atoms with van der Waals surface area (Å²) in [6, 6.07) is 6.96. The number of nitrogens with one attached hydrogen (secondary N) is 1. The van der Waals surface area contributed by atoms with E-state index in [0.717, 1.165) is 12.8 Å². The van der Waals surface area contributed by atoms with Gasteiger partial charge in [0.25, 0.3) is 0 Å². The van der Waals surface area contributed by atoms with E-state index < -0.39 is 5.60 Å². The molecule has 0 spiro atoms. The number of likely N-dealkylation sites (tertiary alicyclic amines) is 1. The first-order chi connectivity index (χ1) is 9.52. The highest BCUT2D eigenvalue weighted by Crippen LogP contribution is 2.27. The van der Waals surface area contributed by atoms with Crippen LogP contribution in [0.5, 0.6) is 0 Å². The van der Waals surface area contributed by atoms with Crippen LogP contribution in [0.1, 0.15) is 32.6 Å². The van der Waals surface area contributed by atoms with E-state index in [1.54, 1.807) is 29.2 Å². The molecule has 0 unspecified atom stereocenters. The number of rotatable bonds is 3. The van der Waals surface area contributed by atoms with Crippen molar-refractivity contribution in [3.63, 3.8) is 0 Å². The number of aliphatic hydroxyl groups is 1. The maximum atomic E-state index is 12.1. The van der Waals surface area contributed by atoms with E-state index in [2.05, 4.69) is 12.2 Å². The lowest BCUT2D eigenvalue weighted by Gasteiger charge is -2.38. The van der Waals surface area contributed by atoms with Crippen molar-refractivity contribution in [2.45, 2.75) is 38.2 Å². The van der Waals surface area contributed by atoms with Crippen LogP contribution in [0.4, 0.5) is 10.5 Å². The van der Waals surface area contributed by atoms with Crippen LogP contribution in [-0.2, 0) is 0 Å². The van der Waals surface area contributed by atoms with Crippen molar-refractivity contribution in [1.82, 2.24) is 4.90 Å². The first-order valence-corrected chi connectivity index (χ1v) is 7.44. The van der Waals surface area contributed by atoms with Gasteiger partial charge in [0.2, 0.25) is 0 Å². The number of piperidine rings is 1. The van der Waals surface area contributed by atoms with Gasteiger partial charge in [-0.05, 0) is 37.5 Å². The van der Waals surface area contributed by atoms with Crippen LogP contribution >= 0.6 is 11.6 Å². The molecule has 5 heteroatoms. The van der Waals surface area contributed by atoms with Crippen LogP contribution in [0.15, 0.2) is 24.3 Å². The maximum absolute atomic E-state index is 12.1. The molecule has 1 saturated heterocycles. The molecular weight excluding hydrogens is 276 g/mol. The van der Waals surface area contributed by atoms with Crippen LogP contribution in [-0.4, -0.2) is 34.7 Å². The van der Waals surface area contributed by atoms with Gasteiger partial charge >= 0.3 is 6.03 Å². The van der Waals surface area contributed by atoms with Crippen LogP contribution in [0.25, 0.3) is 0 Å². The number of hydrogen-bond acceptors (Lipinski definition) is 2. The van der Waals surface area contributed by atoms with Gasteiger partial charge in [0.15, 0.2) is 0 Å². The summed E-state index contributed by atoms with van der Waals surface area (Å²) < 4.78 is 0. The largest absolute Gasteiger partial charge is 0.390 e. The fourth-order valence-corrected chi connectivity index (χ4v) is 2.80. The van der Waals surface area contributed by atoms with E-state index >= 15 is 0 Å². The topological polar surface area (TPSA) is 52.6 Å². The Morgan fingerprint density at radius 1 is 1.45 bits per heavy atom. The third-order valence-corrected chi connectivity index (χ3v) is 4.01. The third kappa shape index (κ3) is 3.87. The Labute approximate surface area is 124 Å². The molecule has 1 aliphatic rings. The van der Waals surface area contributed by atoms with Crippen LogP contribution < -0.4 is 5.32 Å². The number of amides is 2. The summed E-state index contributed by atoms with van der Waals surface area (Å²) in [4.78, 5) is 13.9. The van der Waals surface area contributed by atoms with Gasteiger partial charge < -0.3 is 15.3 Å². The Bertz CT molecular complexity index is 471. The second kappa shape index (κ2) is 6.46. The van der Waals surface area contributed by atoms with Gasteiger partial charge in [-0.25, -0.2) is 4.79 Å². The summed E-state index contributed by atoms with van der Waals surface area (Å²) in [6.45, 7) is 3.24. The molecule has 110 valence electrons. The molecule has 2 rings (SSSR count). The van der Waals surface area contributed by atoms with Gasteiger partial charge in [-0.15, -0.1) is 0 Å². The Balaban J connectivity index is 1.89. The van der Waals surface area contributed by atoms with Crippen LogP contribution in [0, 0.1) is 0 Å². The van der Waals surface area contributed by atoms with E-state index in [4.69, 9.17) is 11.6 Å². The third-order valence-electron chi connectivity index (χ3n) is 3.77. The zero-order valence-electron chi connectivity index (χ0n) is 11.7. The predicted molar refractivity (Wildman–Crippen MR) is 81.1 cm³/mol. The maximum Gasteiger partial charge on any atom is 0.321 e. The second-order valence-electron chi connectivity index (χ2n) is 5.40. The molecule has 0 aromatic heterocycles. The Hall–Kier alpha value is -1.26. The van der Waals surface area contributed by atoms with Crippen molar-refractivity contribution in [3.8, 4) is 0 Å². The van der Waals surface area contributed by atoms with E-state index in [0.29, 0.717) is 36.6 Å². The Morgan fingerprint density at radius 2 is 2.15 bits per heavy atom. The fraction of sp³-hybridized carbons (Fsp3) is 0.533. The van der Waals surface area contributed by atoms with E-state index in [1.165, 1.54) is 0 Å². The van der Waals surface area contributed by atoms with Gasteiger partial charge in [0.1, 0.15) is 0 Å². The lowest BCUT2D eigenvalue weighted by molar-refractivity contribution is -0.0183. The SMILES string of the molecule is CCCC1(O)CCN(C(=O)Nc2cccc(Cl)c2)CC1. The summed E-state index contributed by atoms with van der Waals surface area (Å²) in [6.07, 6.45) is 3.05. The molecule has 2 N–H and O–H groups in total. The average Bonchev–Trinajstić information content (AvgIpc) is 2.39. The van der Waals surface area contributed by atoms with Gasteiger partial charge in [-0.3, -0.25) is 0 Å². The molecule has 0 bridgehead atoms. The predicted octanol–water partition coefficient (Wildman–Crippen LogP) is 3.50. The van der Waals surface area contributed by atoms with E-state index in [1.807, 2.05) is 0 Å². The fourth-order valence-electron chi connectivity index (χ4n) is 2.61. The molecule has 0 saturated carbocycles. The van der Waals surface area contributed by atoms with Gasteiger partial charge in [0.05, 0.1) is 5.60 Å². The highest BCUT2D eigenvalue weighted by molar-refractivity contribution is 6.30. The van der Waals surface area contributed by atoms with Crippen molar-refractivity contribution < 1.29 is 9.90 Å². The number of hydrogen-bond donors (Lipinski definition) is 2. The van der Waals surface area contributed by atoms with E-state index in [-0.39, 0.29) is 6.03 Å². The highest BCUT2D eigenvalue weighted by Gasteiger charge is 2.32. The number of nitrogens with zero attached hydrogens (tertiary/aromatic N) is 1. The Kier molecular flexibility index (Phi) is 4.89. The zero-order valence-corrected chi connectivity index (χ0v) is 12.5. The number of carbonyl (C=O) groups is 1. The molecule has 1 heterocycles. The molecule has 2 amide bonds. The summed E-state index contributed by atoms with van der Waals surface area (Å²) in [7, 11) is 0. The van der Waals surface area contributed by atoms with Crippen LogP contribution in [0.2, 0.25) is 5.02 Å². The minimum atomic E-state index is -0.596. The lowest BCUT2D eigenvalue weighted by Crippen LogP contribution is -2.47. The molecule has 20 heavy (non-hydrogen) atoms. The summed E-state index contributed by atoms with van der Waals surface area (Å²) in [5, 5.41) is 13.7. The second-order valence-corrected chi connectivity index (χ2v) is 5.84. The van der Waals surface area contributed by atoms with Gasteiger partial charge in [-0.1, -0.05) is 31.0 Å². The normalized spacial score (nSPS) is 17.9. The standard InChI is InChI=1S/C15H21ClN2O2/c1-2-6-15(20)7-9-18(10-8-15)14(19)17-13-5-3-4-12(16)11-13/h3-5,11,20H,2,6-10H2,1H3,(H,17,19). The molecule has 0 aliphatic carbocycles. The number of benzene rings is 1. The zero-order chi connectivity index (χ0) is 14.6. The number of anilines is 1. The number of halogens is 1. The molecule has 1 aliphatic heterocycles. The number of urea groups is 1. The monoisotopic (exact) mass is 296 g/mol. The first-order valence-electron chi connectivity index (χ1n) is 7.06. The van der Waals surface area contributed by atoms with Gasteiger partial charge in [0, 0.05) is 23.8 Å². The number of carbonyl (C=O) groups excluding carboxylic acids is 1. The molecule has 4 nitrogen and oxygen atoms in total. The lowest BCUT2D eigenvalue weighted by atomic mass is 9.87. The highest BCUT2D eigenvalue weighted by atomic mass is 35.5. The van der Waals surface area contributed by atoms with Crippen molar-refractivity contribution in [2.75, 3.05) is 18.4 Å². The summed E-state index contributed by atoms with van der Waals surface area (Å²) in [5.74, 6) is 0. The molecule has 1 fully saturated rings. The summed E-state index contributed by atoms with van der Waals surface area (Å²) in [5.41, 5.74) is 0.0959. The molecular formula is C15H21ClN2O2. The van der Waals surface area contributed by atoms with Crippen molar-refractivity contribution in [1.29, 1.82) is 0 Å². The minimum absolute atomic E-state index is 0.134. The smallest absolute Gasteiger partial charge is 0.321 e. The minimum Gasteiger partial charge on any atom is -0.390 e. The molecule has 0 radical (unpaired) electrons. The molecule has 0 atom stereocenters. The van der Waals surface area contributed by atoms with E-state index in [9.17, 15) is 9.90 Å².